The van der Waals surface area contributed by atoms with E-state index >= 15 is 0 Å². The van der Waals surface area contributed by atoms with Crippen molar-refractivity contribution in [1.29, 1.82) is 0 Å². The van der Waals surface area contributed by atoms with E-state index in [-0.39, 0.29) is 9.92 Å². The number of hydrogen-bond acceptors (Lipinski definition) is 8. The highest BCUT2D eigenvalue weighted by molar-refractivity contribution is 7.92. The first-order valence-corrected chi connectivity index (χ1v) is 13.7. The van der Waals surface area contributed by atoms with E-state index in [4.69, 9.17) is 42.4 Å². The number of thiazole rings is 1. The first-order chi connectivity index (χ1) is 16.3. The topological polar surface area (TPSA) is 78.0 Å². The molecule has 0 atom stereocenters. The van der Waals surface area contributed by atoms with Gasteiger partial charge in [-0.1, -0.05) is 23.2 Å². The van der Waals surface area contributed by atoms with Crippen LogP contribution in [-0.2, 0) is 9.84 Å². The number of nitrogens with zero attached hydrogens (tertiary/aromatic N) is 2. The van der Waals surface area contributed by atoms with Crippen molar-refractivity contribution in [2.75, 3.05) is 39.3 Å². The minimum atomic E-state index is -3.55. The third-order valence-electron chi connectivity index (χ3n) is 5.80. The van der Waals surface area contributed by atoms with Crippen LogP contribution >= 0.6 is 34.5 Å². The molecule has 4 rings (SSSR count). The number of rotatable bonds is 7. The Balaban J connectivity index is 1.50. The molecule has 0 N–H and O–H groups in total. The van der Waals surface area contributed by atoms with Crippen molar-refractivity contribution >= 4 is 49.5 Å². The minimum Gasteiger partial charge on any atom is -0.493 e. The molecule has 1 aliphatic heterocycles. The van der Waals surface area contributed by atoms with Gasteiger partial charge in [-0.3, -0.25) is 0 Å². The lowest BCUT2D eigenvalue weighted by atomic mass is 10.1. The maximum atomic E-state index is 13.1. The molecule has 3 aromatic rings. The van der Waals surface area contributed by atoms with E-state index in [1.165, 1.54) is 23.5 Å². The summed E-state index contributed by atoms with van der Waals surface area (Å²) in [6.07, 6.45) is 0.973. The first-order valence-electron chi connectivity index (χ1n) is 10.5. The molecule has 11 heteroatoms. The summed E-state index contributed by atoms with van der Waals surface area (Å²) in [7, 11) is 1.16. The highest BCUT2D eigenvalue weighted by Crippen LogP contribution is 2.42. The lowest BCUT2D eigenvalue weighted by Crippen LogP contribution is -2.39. The lowest BCUT2D eigenvalue weighted by molar-refractivity contribution is 0.324. The Kier molecular flexibility index (Phi) is 7.47. The third-order valence-corrected chi connectivity index (χ3v) is 9.68. The summed E-state index contributed by atoms with van der Waals surface area (Å²) in [6, 6.07) is 8.21. The van der Waals surface area contributed by atoms with E-state index < -0.39 is 15.1 Å². The van der Waals surface area contributed by atoms with Crippen molar-refractivity contribution in [3.8, 4) is 28.5 Å². The monoisotopic (exact) mass is 542 g/mol. The predicted octanol–water partition coefficient (Wildman–Crippen LogP) is 5.59. The summed E-state index contributed by atoms with van der Waals surface area (Å²) in [6.45, 7) is 1.16. The van der Waals surface area contributed by atoms with E-state index in [0.29, 0.717) is 48.2 Å². The zero-order valence-corrected chi connectivity index (χ0v) is 22.0. The van der Waals surface area contributed by atoms with Crippen LogP contribution in [0.1, 0.15) is 12.8 Å². The van der Waals surface area contributed by atoms with Gasteiger partial charge in [0.25, 0.3) is 0 Å². The Morgan fingerprint density at radius 2 is 1.65 bits per heavy atom. The SMILES string of the molecule is COc1cc(-c2csc(N3CCC(S(=O)(=O)c4ccc(Cl)cc4Cl)CC3)n2)cc(OC)c1OC. The molecule has 2 heterocycles. The third kappa shape index (κ3) is 4.79. The fraction of sp³-hybridized carbons (Fsp3) is 0.348. The predicted molar refractivity (Wildman–Crippen MR) is 136 cm³/mol. The van der Waals surface area contributed by atoms with Gasteiger partial charge in [0.1, 0.15) is 0 Å². The van der Waals surface area contributed by atoms with Gasteiger partial charge in [0.2, 0.25) is 5.75 Å². The number of sulfone groups is 1. The molecule has 34 heavy (non-hydrogen) atoms. The molecule has 1 aliphatic rings. The standard InChI is InChI=1S/C23H24Cl2N2O5S2/c1-30-19-10-14(11-20(31-2)22(19)32-3)18-13-33-23(26-18)27-8-6-16(7-9-27)34(28,29)21-5-4-15(24)12-17(21)25/h4-5,10-13,16H,6-9H2,1-3H3. The molecule has 1 aromatic heterocycles. The maximum Gasteiger partial charge on any atom is 0.203 e. The van der Waals surface area contributed by atoms with E-state index in [1.54, 1.807) is 27.4 Å². The molecule has 0 unspecified atom stereocenters. The Morgan fingerprint density at radius 1 is 1.00 bits per heavy atom. The molecule has 0 saturated carbocycles. The highest BCUT2D eigenvalue weighted by Gasteiger charge is 2.33. The zero-order chi connectivity index (χ0) is 24.5. The molecular weight excluding hydrogens is 519 g/mol. The molecular formula is C23H24Cl2N2O5S2. The van der Waals surface area contributed by atoms with Crippen LogP contribution in [0.25, 0.3) is 11.3 Å². The highest BCUT2D eigenvalue weighted by atomic mass is 35.5. The fourth-order valence-electron chi connectivity index (χ4n) is 4.01. The number of methoxy groups -OCH3 is 3. The molecule has 0 aliphatic carbocycles. The summed E-state index contributed by atoms with van der Waals surface area (Å²) in [5.74, 6) is 1.63. The smallest absolute Gasteiger partial charge is 0.203 e. The number of aromatic nitrogens is 1. The van der Waals surface area contributed by atoms with Crippen LogP contribution in [0.2, 0.25) is 10.0 Å². The molecule has 2 aromatic carbocycles. The van der Waals surface area contributed by atoms with Crippen molar-refractivity contribution in [3.05, 3.63) is 45.8 Å². The first kappa shape index (κ1) is 24.9. The summed E-state index contributed by atoms with van der Waals surface area (Å²) >= 11 is 13.6. The quantitative estimate of drug-likeness (QED) is 0.385. The molecule has 0 bridgehead atoms. The van der Waals surface area contributed by atoms with Crippen LogP contribution in [0.5, 0.6) is 17.2 Å². The van der Waals surface area contributed by atoms with Crippen LogP contribution < -0.4 is 19.1 Å². The van der Waals surface area contributed by atoms with Crippen molar-refractivity contribution in [2.45, 2.75) is 23.0 Å². The van der Waals surface area contributed by atoms with E-state index in [9.17, 15) is 8.42 Å². The molecule has 1 fully saturated rings. The van der Waals surface area contributed by atoms with E-state index in [0.717, 1.165) is 16.4 Å². The second-order valence-electron chi connectivity index (χ2n) is 7.74. The van der Waals surface area contributed by atoms with E-state index in [1.807, 2.05) is 17.5 Å². The van der Waals surface area contributed by atoms with Crippen LogP contribution in [0.4, 0.5) is 5.13 Å². The largest absolute Gasteiger partial charge is 0.493 e. The second kappa shape index (κ2) is 10.2. The van der Waals surface area contributed by atoms with Crippen molar-refractivity contribution in [1.82, 2.24) is 4.98 Å². The molecule has 182 valence electrons. The van der Waals surface area contributed by atoms with Gasteiger partial charge in [0.15, 0.2) is 26.5 Å². The molecule has 0 spiro atoms. The van der Waals surface area contributed by atoms with Gasteiger partial charge in [0, 0.05) is 29.1 Å². The van der Waals surface area contributed by atoms with Gasteiger partial charge in [-0.05, 0) is 43.2 Å². The molecule has 0 amide bonds. The Morgan fingerprint density at radius 3 is 2.21 bits per heavy atom. The average molecular weight is 543 g/mol. The van der Waals surface area contributed by atoms with Crippen molar-refractivity contribution in [2.24, 2.45) is 0 Å². The number of ether oxygens (including phenoxy) is 3. The van der Waals surface area contributed by atoms with Crippen LogP contribution in [-0.4, -0.2) is 53.1 Å². The number of benzene rings is 2. The van der Waals surface area contributed by atoms with Crippen LogP contribution in [0.3, 0.4) is 0 Å². The summed E-state index contributed by atoms with van der Waals surface area (Å²) < 4.78 is 42.5. The molecule has 0 radical (unpaired) electrons. The fourth-order valence-corrected chi connectivity index (χ4v) is 7.41. The van der Waals surface area contributed by atoms with Gasteiger partial charge in [-0.15, -0.1) is 11.3 Å². The van der Waals surface area contributed by atoms with Crippen molar-refractivity contribution in [3.63, 3.8) is 0 Å². The number of anilines is 1. The average Bonchev–Trinajstić information content (AvgIpc) is 3.33. The number of hydrogen-bond donors (Lipinski definition) is 0. The normalized spacial score (nSPS) is 14.8. The molecule has 1 saturated heterocycles. The van der Waals surface area contributed by atoms with Crippen LogP contribution in [0, 0.1) is 0 Å². The van der Waals surface area contributed by atoms with Gasteiger partial charge in [-0.25, -0.2) is 13.4 Å². The van der Waals surface area contributed by atoms with Gasteiger partial charge < -0.3 is 19.1 Å². The number of halogens is 2. The lowest BCUT2D eigenvalue weighted by Gasteiger charge is -2.31. The van der Waals surface area contributed by atoms with Crippen molar-refractivity contribution < 1.29 is 22.6 Å². The minimum absolute atomic E-state index is 0.135. The van der Waals surface area contributed by atoms with E-state index in [2.05, 4.69) is 4.90 Å². The van der Waals surface area contributed by atoms with Gasteiger partial charge in [-0.2, -0.15) is 0 Å². The Labute approximate surface area is 213 Å². The molecule has 7 nitrogen and oxygen atoms in total. The number of piperidine rings is 1. The summed E-state index contributed by atoms with van der Waals surface area (Å²) in [5, 5.41) is 2.86. The maximum absolute atomic E-state index is 13.1. The Bertz CT molecular complexity index is 1260. The summed E-state index contributed by atoms with van der Waals surface area (Å²) in [5.41, 5.74) is 1.62. The van der Waals surface area contributed by atoms with Gasteiger partial charge in [0.05, 0.1) is 42.2 Å². The van der Waals surface area contributed by atoms with Crippen LogP contribution in [0.15, 0.2) is 40.6 Å². The zero-order valence-electron chi connectivity index (χ0n) is 18.9. The summed E-state index contributed by atoms with van der Waals surface area (Å²) in [4.78, 5) is 7.03. The second-order valence-corrected chi connectivity index (χ2v) is 11.6. The Hall–Kier alpha value is -2.20. The van der Waals surface area contributed by atoms with Gasteiger partial charge >= 0.3 is 0 Å².